The number of sulfonamides is 1. The Morgan fingerprint density at radius 1 is 0.909 bits per heavy atom. The van der Waals surface area contributed by atoms with Gasteiger partial charge in [-0.15, -0.1) is 11.3 Å². The molecule has 1 aromatic heterocycles. The number of ketones is 2. The number of carbonyl (C=O) groups is 2. The van der Waals surface area contributed by atoms with Crippen molar-refractivity contribution in [3.8, 4) is 0 Å². The SMILES string of the molecule is CCN(CC)S(=O)(=O)c1ccc(C2C3=C(CC(C)(C)CC3=O)OC3=C2C(=O)CC(C)(C)C3)s1. The summed E-state index contributed by atoms with van der Waals surface area (Å²) in [5.74, 6) is 0.703. The quantitative estimate of drug-likeness (QED) is 0.567. The van der Waals surface area contributed by atoms with Crippen LogP contribution in [-0.4, -0.2) is 37.4 Å². The van der Waals surface area contributed by atoms with Gasteiger partial charge in [0, 0.05) is 54.8 Å². The van der Waals surface area contributed by atoms with Crippen LogP contribution >= 0.6 is 11.3 Å². The van der Waals surface area contributed by atoms with Crippen molar-refractivity contribution in [1.82, 2.24) is 4.31 Å². The third-order valence-corrected chi connectivity index (χ3v) is 10.4. The van der Waals surface area contributed by atoms with Gasteiger partial charge in [0.25, 0.3) is 10.0 Å². The summed E-state index contributed by atoms with van der Waals surface area (Å²) in [5.41, 5.74) is 0.628. The van der Waals surface area contributed by atoms with Crippen LogP contribution in [0.1, 0.15) is 78.0 Å². The molecule has 4 rings (SSSR count). The normalized spacial score (nSPS) is 23.0. The first-order chi connectivity index (χ1) is 15.3. The molecule has 0 atom stereocenters. The van der Waals surface area contributed by atoms with Crippen molar-refractivity contribution in [3.63, 3.8) is 0 Å². The van der Waals surface area contributed by atoms with Gasteiger partial charge < -0.3 is 4.74 Å². The van der Waals surface area contributed by atoms with Gasteiger partial charge in [0.1, 0.15) is 15.7 Å². The fourth-order valence-electron chi connectivity index (χ4n) is 5.28. The molecule has 1 aromatic rings. The van der Waals surface area contributed by atoms with Crippen LogP contribution in [0.15, 0.2) is 39.0 Å². The molecule has 3 aliphatic rings. The highest BCUT2D eigenvalue weighted by Gasteiger charge is 2.48. The van der Waals surface area contributed by atoms with Gasteiger partial charge in [-0.05, 0) is 23.0 Å². The number of hydrogen-bond donors (Lipinski definition) is 0. The predicted octanol–water partition coefficient (Wildman–Crippen LogP) is 5.18. The van der Waals surface area contributed by atoms with E-state index in [-0.39, 0.29) is 26.6 Å². The molecule has 0 N–H and O–H groups in total. The van der Waals surface area contributed by atoms with Crippen LogP contribution in [0.5, 0.6) is 0 Å². The second kappa shape index (κ2) is 8.17. The largest absolute Gasteiger partial charge is 0.465 e. The minimum atomic E-state index is -3.62. The van der Waals surface area contributed by atoms with Crippen LogP contribution in [-0.2, 0) is 24.3 Å². The van der Waals surface area contributed by atoms with E-state index >= 15 is 0 Å². The number of ether oxygens (including phenoxy) is 1. The Hall–Kier alpha value is -1.77. The maximum atomic E-state index is 13.3. The average molecular weight is 492 g/mol. The first-order valence-electron chi connectivity index (χ1n) is 11.6. The van der Waals surface area contributed by atoms with E-state index < -0.39 is 15.9 Å². The predicted molar refractivity (Wildman–Crippen MR) is 128 cm³/mol. The second-order valence-corrected chi connectivity index (χ2v) is 14.1. The van der Waals surface area contributed by atoms with Gasteiger partial charge in [-0.3, -0.25) is 9.59 Å². The highest BCUT2D eigenvalue weighted by Crippen LogP contribution is 2.54. The van der Waals surface area contributed by atoms with Crippen molar-refractivity contribution in [1.29, 1.82) is 0 Å². The Morgan fingerprint density at radius 3 is 1.85 bits per heavy atom. The summed E-state index contributed by atoms with van der Waals surface area (Å²) in [6, 6.07) is 3.38. The van der Waals surface area contributed by atoms with Crippen molar-refractivity contribution >= 4 is 32.9 Å². The molecule has 0 unspecified atom stereocenters. The Balaban J connectivity index is 1.87. The standard InChI is InChI=1S/C25H33NO5S2/c1-7-26(8-2)33(29,30)20-10-9-19(32-20)23-21-15(27)11-24(3,4)13-17(21)31-18-14-25(5,6)12-16(28)22(18)23/h9-10,23H,7-8,11-14H2,1-6H3. The smallest absolute Gasteiger partial charge is 0.252 e. The summed E-state index contributed by atoms with van der Waals surface area (Å²) in [7, 11) is -3.62. The van der Waals surface area contributed by atoms with Crippen LogP contribution in [0.4, 0.5) is 0 Å². The van der Waals surface area contributed by atoms with Crippen molar-refractivity contribution < 1.29 is 22.7 Å². The van der Waals surface area contributed by atoms with Gasteiger partial charge in [-0.2, -0.15) is 4.31 Å². The molecule has 1 aliphatic heterocycles. The zero-order chi connectivity index (χ0) is 24.3. The molecule has 0 spiro atoms. The zero-order valence-corrected chi connectivity index (χ0v) is 21.9. The lowest BCUT2D eigenvalue weighted by Crippen LogP contribution is -2.37. The molecule has 0 amide bonds. The molecule has 33 heavy (non-hydrogen) atoms. The third kappa shape index (κ3) is 4.26. The van der Waals surface area contributed by atoms with Crippen molar-refractivity contribution in [3.05, 3.63) is 39.7 Å². The van der Waals surface area contributed by atoms with E-state index in [2.05, 4.69) is 0 Å². The van der Waals surface area contributed by atoms with Crippen LogP contribution < -0.4 is 0 Å². The van der Waals surface area contributed by atoms with Gasteiger partial charge in [0.05, 0.1) is 5.92 Å². The fraction of sp³-hybridized carbons (Fsp3) is 0.600. The lowest BCUT2D eigenvalue weighted by Gasteiger charge is -2.42. The first kappa shape index (κ1) is 24.4. The van der Waals surface area contributed by atoms with E-state index in [1.54, 1.807) is 12.1 Å². The molecule has 2 heterocycles. The van der Waals surface area contributed by atoms with Gasteiger partial charge in [-0.1, -0.05) is 41.5 Å². The molecule has 0 radical (unpaired) electrons. The van der Waals surface area contributed by atoms with Crippen LogP contribution in [0.2, 0.25) is 0 Å². The van der Waals surface area contributed by atoms with Gasteiger partial charge in [-0.25, -0.2) is 8.42 Å². The molecule has 0 aromatic carbocycles. The summed E-state index contributed by atoms with van der Waals surface area (Å²) in [5, 5.41) is 0. The summed E-state index contributed by atoms with van der Waals surface area (Å²) in [6.07, 6.45) is 1.99. The van der Waals surface area contributed by atoms with E-state index in [1.807, 2.05) is 41.5 Å². The van der Waals surface area contributed by atoms with Crippen molar-refractivity contribution in [2.45, 2.75) is 77.4 Å². The highest BCUT2D eigenvalue weighted by atomic mass is 32.2. The van der Waals surface area contributed by atoms with Gasteiger partial charge in [0.15, 0.2) is 11.6 Å². The van der Waals surface area contributed by atoms with Gasteiger partial charge >= 0.3 is 0 Å². The second-order valence-electron chi connectivity index (χ2n) is 10.8. The van der Waals surface area contributed by atoms with E-state index in [1.165, 1.54) is 4.31 Å². The number of nitrogens with zero attached hydrogens (tertiary/aromatic N) is 1. The van der Waals surface area contributed by atoms with Crippen LogP contribution in [0.3, 0.4) is 0 Å². The monoisotopic (exact) mass is 491 g/mol. The fourth-order valence-corrected chi connectivity index (χ4v) is 8.34. The molecule has 0 bridgehead atoms. The summed E-state index contributed by atoms with van der Waals surface area (Å²) >= 11 is 1.16. The lowest BCUT2D eigenvalue weighted by molar-refractivity contribution is -0.120. The maximum absolute atomic E-state index is 13.3. The molecule has 8 heteroatoms. The Labute approximate surface area is 200 Å². The number of hydrogen-bond acceptors (Lipinski definition) is 6. The number of thiophene rings is 1. The van der Waals surface area contributed by atoms with E-state index in [0.717, 1.165) is 11.3 Å². The van der Waals surface area contributed by atoms with E-state index in [0.29, 0.717) is 66.3 Å². The zero-order valence-electron chi connectivity index (χ0n) is 20.3. The van der Waals surface area contributed by atoms with E-state index in [4.69, 9.17) is 4.74 Å². The molecular formula is C25H33NO5S2. The van der Waals surface area contributed by atoms with Crippen LogP contribution in [0, 0.1) is 10.8 Å². The maximum Gasteiger partial charge on any atom is 0.252 e. The molecule has 0 saturated carbocycles. The molecular weight excluding hydrogens is 458 g/mol. The first-order valence-corrected chi connectivity index (χ1v) is 13.9. The number of allylic oxidation sites excluding steroid dienone is 4. The Morgan fingerprint density at radius 2 is 1.39 bits per heavy atom. The molecule has 0 fully saturated rings. The van der Waals surface area contributed by atoms with E-state index in [9.17, 15) is 18.0 Å². The Kier molecular flexibility index (Phi) is 6.03. The highest BCUT2D eigenvalue weighted by molar-refractivity contribution is 7.91. The number of rotatable bonds is 5. The van der Waals surface area contributed by atoms with Crippen molar-refractivity contribution in [2.24, 2.45) is 10.8 Å². The topological polar surface area (TPSA) is 80.8 Å². The van der Waals surface area contributed by atoms with Crippen molar-refractivity contribution in [2.75, 3.05) is 13.1 Å². The molecule has 180 valence electrons. The number of carbonyl (C=O) groups excluding carboxylic acids is 2. The average Bonchev–Trinajstić information content (AvgIpc) is 3.15. The van der Waals surface area contributed by atoms with Crippen LogP contribution in [0.25, 0.3) is 0 Å². The minimum absolute atomic E-state index is 0.0167. The molecule has 0 saturated heterocycles. The lowest BCUT2D eigenvalue weighted by atomic mass is 9.67. The minimum Gasteiger partial charge on any atom is -0.465 e. The molecule has 2 aliphatic carbocycles. The number of Topliss-reactive ketones (excluding diaryl/α,β-unsaturated/α-hetero) is 2. The summed E-state index contributed by atoms with van der Waals surface area (Å²) in [4.78, 5) is 27.4. The molecule has 6 nitrogen and oxygen atoms in total. The Bertz CT molecular complexity index is 1130. The third-order valence-electron chi connectivity index (χ3n) is 6.77. The van der Waals surface area contributed by atoms with Gasteiger partial charge in [0.2, 0.25) is 0 Å². The summed E-state index contributed by atoms with van der Waals surface area (Å²) in [6.45, 7) is 12.6. The summed E-state index contributed by atoms with van der Waals surface area (Å²) < 4.78 is 34.2.